The van der Waals surface area contributed by atoms with Crippen molar-refractivity contribution >= 4 is 17.9 Å². The van der Waals surface area contributed by atoms with E-state index in [1.54, 1.807) is 20.8 Å². The van der Waals surface area contributed by atoms with Crippen LogP contribution in [0.5, 0.6) is 17.2 Å². The topological polar surface area (TPSA) is 124 Å². The Morgan fingerprint density at radius 2 is 1.54 bits per heavy atom. The molecule has 28 heavy (non-hydrogen) atoms. The van der Waals surface area contributed by atoms with E-state index < -0.39 is 23.9 Å². The molecule has 0 bridgehead atoms. The molecule has 10 heteroatoms. The second kappa shape index (κ2) is 10.9. The molecule has 1 aromatic carbocycles. The van der Waals surface area contributed by atoms with E-state index in [9.17, 15) is 14.4 Å². The van der Waals surface area contributed by atoms with Gasteiger partial charge in [0.2, 0.25) is 5.75 Å². The molecule has 0 radical (unpaired) electrons. The number of carbonyl (C=O) groups is 3. The van der Waals surface area contributed by atoms with Crippen LogP contribution in [-0.2, 0) is 9.53 Å². The first kappa shape index (κ1) is 22.9. The van der Waals surface area contributed by atoms with Crippen molar-refractivity contribution in [2.75, 3.05) is 27.9 Å². The highest BCUT2D eigenvalue weighted by atomic mass is 16.5. The molecule has 0 aliphatic carbocycles. The second-order valence-electron chi connectivity index (χ2n) is 5.94. The fraction of sp³-hybridized carbons (Fsp3) is 0.500. The van der Waals surface area contributed by atoms with Gasteiger partial charge in [-0.1, -0.05) is 13.8 Å². The van der Waals surface area contributed by atoms with Crippen LogP contribution in [0.25, 0.3) is 0 Å². The average Bonchev–Trinajstić information content (AvgIpc) is 2.68. The van der Waals surface area contributed by atoms with Crippen molar-refractivity contribution in [2.24, 2.45) is 5.92 Å². The van der Waals surface area contributed by atoms with Gasteiger partial charge in [-0.15, -0.1) is 0 Å². The number of nitrogens with one attached hydrogen (secondary N) is 3. The molecule has 1 aromatic rings. The van der Waals surface area contributed by atoms with E-state index in [1.165, 1.54) is 33.5 Å². The van der Waals surface area contributed by atoms with E-state index >= 15 is 0 Å². The molecule has 3 amide bonds. The number of hydrogen-bond acceptors (Lipinski definition) is 7. The maximum absolute atomic E-state index is 12.4. The molecule has 0 fully saturated rings. The van der Waals surface area contributed by atoms with Crippen molar-refractivity contribution in [1.82, 2.24) is 16.2 Å². The zero-order chi connectivity index (χ0) is 21.3. The fourth-order valence-electron chi connectivity index (χ4n) is 2.32. The summed E-state index contributed by atoms with van der Waals surface area (Å²) in [5.74, 6) is -0.508. The van der Waals surface area contributed by atoms with E-state index in [4.69, 9.17) is 18.9 Å². The minimum absolute atomic E-state index is 0.175. The van der Waals surface area contributed by atoms with Crippen LogP contribution in [0.3, 0.4) is 0 Å². The largest absolute Gasteiger partial charge is 0.493 e. The van der Waals surface area contributed by atoms with Crippen molar-refractivity contribution in [1.29, 1.82) is 0 Å². The highest BCUT2D eigenvalue weighted by Crippen LogP contribution is 2.38. The standard InChI is InChI=1S/C18H27N3O7/c1-7-28-18(24)19-14(10(2)3)17(23)21-20-16(22)11-8-12(25-4)15(27-6)13(9-11)26-5/h8-10,14H,7H2,1-6H3,(H,19,24)(H,20,22)(H,21,23). The fourth-order valence-corrected chi connectivity index (χ4v) is 2.32. The van der Waals surface area contributed by atoms with Gasteiger partial charge in [-0.05, 0) is 25.0 Å². The van der Waals surface area contributed by atoms with E-state index in [1.807, 2.05) is 0 Å². The SMILES string of the molecule is CCOC(=O)NC(C(=O)NNC(=O)c1cc(OC)c(OC)c(OC)c1)C(C)C. The minimum Gasteiger partial charge on any atom is -0.493 e. The van der Waals surface area contributed by atoms with E-state index in [2.05, 4.69) is 16.2 Å². The number of methoxy groups -OCH3 is 3. The molecule has 156 valence electrons. The second-order valence-corrected chi connectivity index (χ2v) is 5.94. The maximum Gasteiger partial charge on any atom is 0.407 e. The summed E-state index contributed by atoms with van der Waals surface area (Å²) < 4.78 is 20.4. The van der Waals surface area contributed by atoms with Gasteiger partial charge in [-0.3, -0.25) is 20.4 Å². The van der Waals surface area contributed by atoms with Crippen LogP contribution in [0.4, 0.5) is 4.79 Å². The summed E-state index contributed by atoms with van der Waals surface area (Å²) in [6, 6.07) is 2.00. The summed E-state index contributed by atoms with van der Waals surface area (Å²) in [6.07, 6.45) is -0.715. The molecule has 0 aliphatic heterocycles. The molecule has 0 saturated carbocycles. The van der Waals surface area contributed by atoms with E-state index in [0.717, 1.165) is 0 Å². The van der Waals surface area contributed by atoms with Gasteiger partial charge >= 0.3 is 6.09 Å². The normalized spacial score (nSPS) is 11.2. The lowest BCUT2D eigenvalue weighted by Crippen LogP contribution is -2.54. The molecule has 0 heterocycles. The average molecular weight is 397 g/mol. The number of alkyl carbamates (subject to hydrolysis) is 1. The summed E-state index contributed by atoms with van der Waals surface area (Å²) in [6.45, 7) is 5.33. The zero-order valence-corrected chi connectivity index (χ0v) is 16.9. The molecule has 1 rings (SSSR count). The third-order valence-corrected chi connectivity index (χ3v) is 3.72. The lowest BCUT2D eigenvalue weighted by atomic mass is 10.0. The highest BCUT2D eigenvalue weighted by molar-refractivity contribution is 5.97. The number of hydrazine groups is 1. The maximum atomic E-state index is 12.4. The van der Waals surface area contributed by atoms with Crippen LogP contribution >= 0.6 is 0 Å². The van der Waals surface area contributed by atoms with E-state index in [-0.39, 0.29) is 18.1 Å². The molecular weight excluding hydrogens is 370 g/mol. The van der Waals surface area contributed by atoms with Gasteiger partial charge in [-0.2, -0.15) is 0 Å². The van der Waals surface area contributed by atoms with Crippen LogP contribution in [0.1, 0.15) is 31.1 Å². The van der Waals surface area contributed by atoms with Crippen molar-refractivity contribution in [2.45, 2.75) is 26.8 Å². The first-order valence-corrected chi connectivity index (χ1v) is 8.62. The van der Waals surface area contributed by atoms with Crippen LogP contribution in [0.2, 0.25) is 0 Å². The third kappa shape index (κ3) is 5.93. The Morgan fingerprint density at radius 1 is 0.964 bits per heavy atom. The smallest absolute Gasteiger partial charge is 0.407 e. The lowest BCUT2D eigenvalue weighted by molar-refractivity contribution is -0.124. The summed E-state index contributed by atoms with van der Waals surface area (Å²) in [5.41, 5.74) is 4.76. The zero-order valence-electron chi connectivity index (χ0n) is 16.9. The first-order valence-electron chi connectivity index (χ1n) is 8.62. The highest BCUT2D eigenvalue weighted by Gasteiger charge is 2.25. The molecule has 0 saturated heterocycles. The number of ether oxygens (including phenoxy) is 4. The molecule has 0 spiro atoms. The van der Waals surface area contributed by atoms with Crippen LogP contribution in [0.15, 0.2) is 12.1 Å². The quantitative estimate of drug-likeness (QED) is 0.564. The van der Waals surface area contributed by atoms with Crippen molar-refractivity contribution in [3.8, 4) is 17.2 Å². The van der Waals surface area contributed by atoms with Gasteiger partial charge in [0.15, 0.2) is 11.5 Å². The Morgan fingerprint density at radius 3 is 1.96 bits per heavy atom. The Hall–Kier alpha value is -3.17. The van der Waals surface area contributed by atoms with Gasteiger partial charge in [0.25, 0.3) is 11.8 Å². The number of benzene rings is 1. The molecule has 3 N–H and O–H groups in total. The monoisotopic (exact) mass is 397 g/mol. The molecule has 0 aliphatic rings. The lowest BCUT2D eigenvalue weighted by Gasteiger charge is -2.21. The molecule has 1 atom stereocenters. The van der Waals surface area contributed by atoms with Gasteiger partial charge < -0.3 is 24.3 Å². The van der Waals surface area contributed by atoms with Gasteiger partial charge in [0.05, 0.1) is 27.9 Å². The minimum atomic E-state index is -0.890. The Labute approximate surface area is 163 Å². The first-order chi connectivity index (χ1) is 13.3. The molecule has 1 unspecified atom stereocenters. The van der Waals surface area contributed by atoms with Crippen LogP contribution < -0.4 is 30.4 Å². The van der Waals surface area contributed by atoms with Crippen LogP contribution in [0, 0.1) is 5.92 Å². The Balaban J connectivity index is 2.87. The summed E-state index contributed by atoms with van der Waals surface area (Å²) in [7, 11) is 4.30. The summed E-state index contributed by atoms with van der Waals surface area (Å²) >= 11 is 0. The van der Waals surface area contributed by atoms with Gasteiger partial charge in [-0.25, -0.2) is 4.79 Å². The number of amides is 3. The van der Waals surface area contributed by atoms with Crippen molar-refractivity contribution in [3.63, 3.8) is 0 Å². The van der Waals surface area contributed by atoms with Gasteiger partial charge in [0, 0.05) is 5.56 Å². The third-order valence-electron chi connectivity index (χ3n) is 3.72. The van der Waals surface area contributed by atoms with Crippen molar-refractivity contribution in [3.05, 3.63) is 17.7 Å². The number of carbonyl (C=O) groups excluding carboxylic acids is 3. The van der Waals surface area contributed by atoms with E-state index in [0.29, 0.717) is 17.2 Å². The Kier molecular flexibility index (Phi) is 8.86. The Bertz CT molecular complexity index is 681. The molecular formula is C18H27N3O7. The number of rotatable bonds is 8. The molecule has 0 aromatic heterocycles. The number of hydrogen-bond donors (Lipinski definition) is 3. The van der Waals surface area contributed by atoms with Crippen LogP contribution in [-0.4, -0.2) is 51.9 Å². The summed E-state index contributed by atoms with van der Waals surface area (Å²) in [5, 5.41) is 2.45. The van der Waals surface area contributed by atoms with Gasteiger partial charge in [0.1, 0.15) is 6.04 Å². The predicted molar refractivity (Wildman–Crippen MR) is 100 cm³/mol. The summed E-state index contributed by atoms with van der Waals surface area (Å²) in [4.78, 5) is 36.3. The predicted octanol–water partition coefficient (Wildman–Crippen LogP) is 1.24. The van der Waals surface area contributed by atoms with Crippen molar-refractivity contribution < 1.29 is 33.3 Å². The molecule has 10 nitrogen and oxygen atoms in total.